The van der Waals surface area contributed by atoms with Gasteiger partial charge in [0.15, 0.2) is 0 Å². The van der Waals surface area contributed by atoms with E-state index in [-0.39, 0.29) is 11.8 Å². The molecule has 2 heterocycles. The van der Waals surface area contributed by atoms with Gasteiger partial charge in [0.1, 0.15) is 11.5 Å². The Bertz CT molecular complexity index is 395. The van der Waals surface area contributed by atoms with Gasteiger partial charge < -0.3 is 8.92 Å². The SMILES string of the molecule is CC1=C(C)[C@@H](N2CCOCC2)CS(=O)(=O)O1. The van der Waals surface area contributed by atoms with Crippen molar-refractivity contribution >= 4 is 10.1 Å². The number of morpholine rings is 1. The highest BCUT2D eigenvalue weighted by molar-refractivity contribution is 7.86. The number of hydrogen-bond donors (Lipinski definition) is 0. The minimum Gasteiger partial charge on any atom is -0.387 e. The van der Waals surface area contributed by atoms with Crippen molar-refractivity contribution < 1.29 is 17.3 Å². The van der Waals surface area contributed by atoms with Crippen molar-refractivity contribution in [2.75, 3.05) is 32.1 Å². The Hall–Kier alpha value is -0.590. The molecule has 0 aromatic rings. The smallest absolute Gasteiger partial charge is 0.310 e. The molecule has 0 bridgehead atoms. The van der Waals surface area contributed by atoms with E-state index in [1.54, 1.807) is 6.92 Å². The van der Waals surface area contributed by atoms with Gasteiger partial charge in [-0.15, -0.1) is 0 Å². The maximum Gasteiger partial charge on any atom is 0.310 e. The average Bonchev–Trinajstić information content (AvgIpc) is 2.24. The van der Waals surface area contributed by atoms with Gasteiger partial charge in [0.05, 0.1) is 19.3 Å². The lowest BCUT2D eigenvalue weighted by Gasteiger charge is -2.37. The summed E-state index contributed by atoms with van der Waals surface area (Å²) in [6.45, 7) is 6.55. The first-order valence-corrected chi connectivity index (χ1v) is 6.99. The van der Waals surface area contributed by atoms with Crippen LogP contribution in [0.5, 0.6) is 0 Å². The second-order valence-corrected chi connectivity index (χ2v) is 5.83. The molecule has 0 amide bonds. The molecule has 0 unspecified atom stereocenters. The zero-order chi connectivity index (χ0) is 11.8. The van der Waals surface area contributed by atoms with Crippen molar-refractivity contribution in [3.63, 3.8) is 0 Å². The molecule has 1 saturated heterocycles. The summed E-state index contributed by atoms with van der Waals surface area (Å²) in [5.74, 6) is 0.568. The van der Waals surface area contributed by atoms with Crippen molar-refractivity contribution in [1.82, 2.24) is 4.90 Å². The van der Waals surface area contributed by atoms with Gasteiger partial charge in [-0.25, -0.2) is 0 Å². The first-order chi connectivity index (χ1) is 7.49. The molecule has 0 radical (unpaired) electrons. The fourth-order valence-electron chi connectivity index (χ4n) is 2.11. The predicted octanol–water partition coefficient (Wildman–Crippen LogP) is 0.341. The summed E-state index contributed by atoms with van der Waals surface area (Å²) in [5, 5.41) is 0. The van der Waals surface area contributed by atoms with Crippen LogP contribution in [0, 0.1) is 0 Å². The molecule has 92 valence electrons. The molecule has 2 aliphatic rings. The van der Waals surface area contributed by atoms with Gasteiger partial charge in [-0.2, -0.15) is 8.42 Å². The molecule has 0 spiro atoms. The van der Waals surface area contributed by atoms with Crippen molar-refractivity contribution in [1.29, 1.82) is 0 Å². The molecule has 0 N–H and O–H groups in total. The zero-order valence-corrected chi connectivity index (χ0v) is 10.4. The Morgan fingerprint density at radius 3 is 2.50 bits per heavy atom. The molecular weight excluding hydrogens is 230 g/mol. The molecule has 0 saturated carbocycles. The second-order valence-electron chi connectivity index (χ2n) is 4.21. The van der Waals surface area contributed by atoms with Crippen LogP contribution in [-0.4, -0.2) is 51.4 Å². The lowest BCUT2D eigenvalue weighted by atomic mass is 10.1. The molecule has 0 aromatic carbocycles. The van der Waals surface area contributed by atoms with Crippen molar-refractivity contribution in [2.24, 2.45) is 0 Å². The third-order valence-electron chi connectivity index (χ3n) is 3.16. The second kappa shape index (κ2) is 4.35. The quantitative estimate of drug-likeness (QED) is 0.625. The summed E-state index contributed by atoms with van der Waals surface area (Å²) in [4.78, 5) is 2.16. The Labute approximate surface area is 96.1 Å². The van der Waals surface area contributed by atoms with E-state index in [2.05, 4.69) is 4.90 Å². The van der Waals surface area contributed by atoms with E-state index in [1.807, 2.05) is 6.92 Å². The van der Waals surface area contributed by atoms with Crippen LogP contribution in [0.1, 0.15) is 13.8 Å². The molecule has 1 fully saturated rings. The summed E-state index contributed by atoms with van der Waals surface area (Å²) in [6, 6.07) is -0.0531. The van der Waals surface area contributed by atoms with Crippen LogP contribution < -0.4 is 0 Å². The van der Waals surface area contributed by atoms with Crippen LogP contribution in [0.2, 0.25) is 0 Å². The van der Waals surface area contributed by atoms with Crippen LogP contribution in [0.15, 0.2) is 11.3 Å². The minimum absolute atomic E-state index is 0.0518. The summed E-state index contributed by atoms with van der Waals surface area (Å²) in [6.07, 6.45) is 0. The fraction of sp³-hybridized carbons (Fsp3) is 0.800. The van der Waals surface area contributed by atoms with Crippen LogP contribution in [0.3, 0.4) is 0 Å². The first-order valence-electron chi connectivity index (χ1n) is 5.41. The molecule has 6 heteroatoms. The van der Waals surface area contributed by atoms with Crippen LogP contribution in [0.25, 0.3) is 0 Å². The topological polar surface area (TPSA) is 55.8 Å². The Morgan fingerprint density at radius 2 is 1.88 bits per heavy atom. The fourth-order valence-corrected chi connectivity index (χ4v) is 3.54. The van der Waals surface area contributed by atoms with E-state index in [0.717, 1.165) is 18.7 Å². The first kappa shape index (κ1) is 11.9. The Morgan fingerprint density at radius 1 is 1.25 bits per heavy atom. The van der Waals surface area contributed by atoms with E-state index in [1.165, 1.54) is 0 Å². The lowest BCUT2D eigenvalue weighted by Crippen LogP contribution is -2.49. The zero-order valence-electron chi connectivity index (χ0n) is 9.60. The molecule has 0 aromatic heterocycles. The number of allylic oxidation sites excluding steroid dienone is 1. The normalized spacial score (nSPS) is 31.2. The Kier molecular flexibility index (Phi) is 3.23. The lowest BCUT2D eigenvalue weighted by molar-refractivity contribution is 0.0256. The third kappa shape index (κ3) is 2.39. The maximum absolute atomic E-state index is 11.5. The highest BCUT2D eigenvalue weighted by atomic mass is 32.2. The predicted molar refractivity (Wildman–Crippen MR) is 59.4 cm³/mol. The molecule has 0 aliphatic carbocycles. The van der Waals surface area contributed by atoms with Crippen LogP contribution >= 0.6 is 0 Å². The van der Waals surface area contributed by atoms with E-state index in [0.29, 0.717) is 19.0 Å². The van der Waals surface area contributed by atoms with Gasteiger partial charge in [0, 0.05) is 13.1 Å². The standard InChI is InChI=1S/C10H17NO4S/c1-8-9(2)15-16(12,13)7-10(8)11-3-5-14-6-4-11/h10H,3-7H2,1-2H3/t10-/m0/s1. The average molecular weight is 247 g/mol. The molecule has 16 heavy (non-hydrogen) atoms. The number of nitrogens with zero attached hydrogens (tertiary/aromatic N) is 1. The summed E-state index contributed by atoms with van der Waals surface area (Å²) in [5.41, 5.74) is 1.01. The van der Waals surface area contributed by atoms with Crippen molar-refractivity contribution in [2.45, 2.75) is 19.9 Å². The maximum atomic E-state index is 11.5. The van der Waals surface area contributed by atoms with Gasteiger partial charge in [-0.3, -0.25) is 4.90 Å². The van der Waals surface area contributed by atoms with E-state index in [9.17, 15) is 8.42 Å². The number of hydrogen-bond acceptors (Lipinski definition) is 5. The molecule has 2 rings (SSSR count). The molecular formula is C10H17NO4S. The highest BCUT2D eigenvalue weighted by Crippen LogP contribution is 2.25. The molecule has 2 aliphatic heterocycles. The van der Waals surface area contributed by atoms with Crippen LogP contribution in [-0.2, 0) is 19.0 Å². The van der Waals surface area contributed by atoms with Crippen molar-refractivity contribution in [3.8, 4) is 0 Å². The van der Waals surface area contributed by atoms with Crippen LogP contribution in [0.4, 0.5) is 0 Å². The van der Waals surface area contributed by atoms with Gasteiger partial charge in [-0.05, 0) is 19.4 Å². The number of ether oxygens (including phenoxy) is 1. The van der Waals surface area contributed by atoms with E-state index >= 15 is 0 Å². The number of rotatable bonds is 1. The third-order valence-corrected chi connectivity index (χ3v) is 4.38. The van der Waals surface area contributed by atoms with Gasteiger partial charge in [0.25, 0.3) is 0 Å². The molecule has 1 atom stereocenters. The summed E-state index contributed by atoms with van der Waals surface area (Å²) in [7, 11) is -3.40. The van der Waals surface area contributed by atoms with Gasteiger partial charge >= 0.3 is 10.1 Å². The van der Waals surface area contributed by atoms with E-state index in [4.69, 9.17) is 8.92 Å². The van der Waals surface area contributed by atoms with Crippen molar-refractivity contribution in [3.05, 3.63) is 11.3 Å². The highest BCUT2D eigenvalue weighted by Gasteiger charge is 2.34. The van der Waals surface area contributed by atoms with E-state index < -0.39 is 10.1 Å². The largest absolute Gasteiger partial charge is 0.387 e. The molecule has 5 nitrogen and oxygen atoms in total. The monoisotopic (exact) mass is 247 g/mol. The van der Waals surface area contributed by atoms with Gasteiger partial charge in [-0.1, -0.05) is 0 Å². The summed E-state index contributed by atoms with van der Waals surface area (Å²) < 4.78 is 33.3. The van der Waals surface area contributed by atoms with Gasteiger partial charge in [0.2, 0.25) is 0 Å². The minimum atomic E-state index is -3.40. The Balaban J connectivity index is 2.22. The summed E-state index contributed by atoms with van der Waals surface area (Å²) >= 11 is 0.